The molecule has 0 aliphatic heterocycles. The van der Waals surface area contributed by atoms with Crippen LogP contribution < -0.4 is 0 Å². The average Bonchev–Trinajstić information content (AvgIpc) is 3.39. The molecule has 0 radical (unpaired) electrons. The minimum Gasteiger partial charge on any atom is -0.466 e. The molecule has 0 saturated carbocycles. The molecule has 0 N–H and O–H groups in total. The Morgan fingerprint density at radius 3 is 2.55 bits per heavy atom. The Morgan fingerprint density at radius 1 is 1.09 bits per heavy atom. The van der Waals surface area contributed by atoms with E-state index in [1.807, 2.05) is 11.3 Å². The van der Waals surface area contributed by atoms with E-state index < -0.39 is 10.0 Å². The molecule has 33 heavy (non-hydrogen) atoms. The fourth-order valence-electron chi connectivity index (χ4n) is 4.03. The van der Waals surface area contributed by atoms with Crippen LogP contribution >= 0.6 is 0 Å². The highest BCUT2D eigenvalue weighted by molar-refractivity contribution is 7.90. The van der Waals surface area contributed by atoms with Gasteiger partial charge < -0.3 is 9.14 Å². The summed E-state index contributed by atoms with van der Waals surface area (Å²) in [6.45, 7) is 3.95. The second kappa shape index (κ2) is 8.96. The van der Waals surface area contributed by atoms with Gasteiger partial charge in [-0.25, -0.2) is 12.4 Å². The van der Waals surface area contributed by atoms with Crippen LogP contribution in [0.2, 0.25) is 0 Å². The van der Waals surface area contributed by atoms with E-state index in [9.17, 15) is 18.5 Å². The smallest absolute Gasteiger partial charge is 0.311 e. The quantitative estimate of drug-likeness (QED) is 0.390. The van der Waals surface area contributed by atoms with E-state index >= 15 is 0 Å². The average molecular weight is 462 g/mol. The summed E-state index contributed by atoms with van der Waals surface area (Å²) in [5, 5.41) is 9.40. The zero-order valence-electron chi connectivity index (χ0n) is 18.4. The summed E-state index contributed by atoms with van der Waals surface area (Å²) >= 11 is 0. The number of carbonyl (C=O) groups excluding carboxylic acids is 1. The Hall–Kier alpha value is -3.83. The van der Waals surface area contributed by atoms with Crippen molar-refractivity contribution < 1.29 is 17.9 Å². The Kier molecular flexibility index (Phi) is 6.07. The molecule has 4 aromatic rings. The zero-order chi connectivity index (χ0) is 23.6. The fraction of sp³-hybridized carbons (Fsp3) is 0.200. The monoisotopic (exact) mass is 461 g/mol. The van der Waals surface area contributed by atoms with E-state index in [1.165, 1.54) is 10.2 Å². The number of aromatic nitrogens is 2. The summed E-state index contributed by atoms with van der Waals surface area (Å²) in [6, 6.07) is 17.3. The number of nitrogens with zero attached hydrogens (tertiary/aromatic N) is 3. The van der Waals surface area contributed by atoms with Crippen LogP contribution in [0.5, 0.6) is 0 Å². The molecule has 0 bridgehead atoms. The van der Waals surface area contributed by atoms with Crippen LogP contribution in [-0.4, -0.2) is 29.4 Å². The van der Waals surface area contributed by atoms with Gasteiger partial charge in [0.15, 0.2) is 0 Å². The van der Waals surface area contributed by atoms with Gasteiger partial charge in [-0.1, -0.05) is 18.2 Å². The van der Waals surface area contributed by atoms with Gasteiger partial charge in [0.1, 0.15) is 0 Å². The second-order valence-corrected chi connectivity index (χ2v) is 9.42. The Balaban J connectivity index is 1.82. The van der Waals surface area contributed by atoms with E-state index in [0.29, 0.717) is 17.7 Å². The standard InChI is InChI=1S/C25H23N3O4S/c1-3-32-25(29)16-23-18(2)22(24-14-19(17-26)11-13-27(23)24)15-20-8-7-12-28(20)33(30,31)21-9-5-4-6-10-21/h4-14H,3,15-16H2,1-2H3. The first kappa shape index (κ1) is 22.4. The van der Waals surface area contributed by atoms with Gasteiger partial charge in [0.05, 0.1) is 35.1 Å². The number of carbonyl (C=O) groups is 1. The molecule has 0 spiro atoms. The Bertz CT molecular complexity index is 1480. The molecule has 0 amide bonds. The van der Waals surface area contributed by atoms with Crippen LogP contribution in [0.3, 0.4) is 0 Å². The molecular weight excluding hydrogens is 438 g/mol. The third kappa shape index (κ3) is 4.15. The number of pyridine rings is 1. The molecule has 8 heteroatoms. The van der Waals surface area contributed by atoms with Crippen molar-refractivity contribution in [1.29, 1.82) is 5.26 Å². The first-order chi connectivity index (χ1) is 15.9. The van der Waals surface area contributed by atoms with Crippen molar-refractivity contribution in [3.8, 4) is 6.07 Å². The van der Waals surface area contributed by atoms with Gasteiger partial charge in [-0.05, 0) is 61.4 Å². The Labute approximate surface area is 192 Å². The summed E-state index contributed by atoms with van der Waals surface area (Å²) in [5.74, 6) is -0.342. The molecular formula is C25H23N3O4S. The molecule has 0 aliphatic carbocycles. The fourth-order valence-corrected chi connectivity index (χ4v) is 5.43. The maximum Gasteiger partial charge on any atom is 0.311 e. The normalized spacial score (nSPS) is 11.4. The number of hydrogen-bond donors (Lipinski definition) is 0. The molecule has 4 rings (SSSR count). The largest absolute Gasteiger partial charge is 0.466 e. The summed E-state index contributed by atoms with van der Waals surface area (Å²) in [7, 11) is -3.76. The maximum atomic E-state index is 13.2. The third-order valence-electron chi connectivity index (χ3n) is 5.64. The number of fused-ring (bicyclic) bond motifs is 1. The van der Waals surface area contributed by atoms with Gasteiger partial charge in [-0.3, -0.25) is 4.79 Å². The molecule has 3 aromatic heterocycles. The number of esters is 1. The van der Waals surface area contributed by atoms with E-state index in [0.717, 1.165) is 22.3 Å². The molecule has 0 atom stereocenters. The highest BCUT2D eigenvalue weighted by Crippen LogP contribution is 2.28. The minimum atomic E-state index is -3.76. The topological polar surface area (TPSA) is 93.6 Å². The van der Waals surface area contributed by atoms with E-state index in [2.05, 4.69) is 6.07 Å². The lowest BCUT2D eigenvalue weighted by Crippen LogP contribution is -2.15. The lowest BCUT2D eigenvalue weighted by Gasteiger charge is -2.11. The van der Waals surface area contributed by atoms with Crippen molar-refractivity contribution >= 4 is 21.5 Å². The number of benzene rings is 1. The van der Waals surface area contributed by atoms with Crippen LogP contribution in [0.4, 0.5) is 0 Å². The molecule has 7 nitrogen and oxygen atoms in total. The lowest BCUT2D eigenvalue weighted by atomic mass is 10.0. The van der Waals surface area contributed by atoms with Crippen molar-refractivity contribution in [2.45, 2.75) is 31.6 Å². The van der Waals surface area contributed by atoms with Crippen molar-refractivity contribution in [1.82, 2.24) is 8.37 Å². The molecule has 168 valence electrons. The zero-order valence-corrected chi connectivity index (χ0v) is 19.2. The predicted molar refractivity (Wildman–Crippen MR) is 123 cm³/mol. The van der Waals surface area contributed by atoms with Gasteiger partial charge in [-0.15, -0.1) is 0 Å². The van der Waals surface area contributed by atoms with Crippen LogP contribution in [-0.2, 0) is 32.4 Å². The predicted octanol–water partition coefficient (Wildman–Crippen LogP) is 3.85. The third-order valence-corrected chi connectivity index (χ3v) is 7.38. The molecule has 3 heterocycles. The van der Waals surface area contributed by atoms with Crippen LogP contribution in [0.25, 0.3) is 5.52 Å². The second-order valence-electron chi connectivity index (χ2n) is 7.60. The van der Waals surface area contributed by atoms with E-state index in [1.54, 1.807) is 67.7 Å². The van der Waals surface area contributed by atoms with Gasteiger partial charge in [0.25, 0.3) is 10.0 Å². The number of nitriles is 1. The molecule has 0 fully saturated rings. The van der Waals surface area contributed by atoms with Gasteiger partial charge >= 0.3 is 5.97 Å². The van der Waals surface area contributed by atoms with Crippen LogP contribution in [0, 0.1) is 18.3 Å². The highest BCUT2D eigenvalue weighted by atomic mass is 32.2. The first-order valence-corrected chi connectivity index (χ1v) is 12.0. The molecule has 1 aromatic carbocycles. The Morgan fingerprint density at radius 2 is 1.85 bits per heavy atom. The summed E-state index contributed by atoms with van der Waals surface area (Å²) < 4.78 is 34.8. The SMILES string of the molecule is CCOC(=O)Cc1c(C)c(Cc2cccn2S(=O)(=O)c2ccccc2)c2cc(C#N)ccn12. The number of hydrogen-bond acceptors (Lipinski definition) is 5. The van der Waals surface area contributed by atoms with E-state index in [4.69, 9.17) is 4.74 Å². The summed E-state index contributed by atoms with van der Waals surface area (Å²) in [4.78, 5) is 12.4. The van der Waals surface area contributed by atoms with E-state index in [-0.39, 0.29) is 23.9 Å². The number of rotatable bonds is 7. The van der Waals surface area contributed by atoms with Gasteiger partial charge in [0.2, 0.25) is 0 Å². The summed E-state index contributed by atoms with van der Waals surface area (Å²) in [6.07, 6.45) is 3.69. The molecule has 0 saturated heterocycles. The van der Waals surface area contributed by atoms with Gasteiger partial charge in [0, 0.05) is 30.2 Å². The first-order valence-electron chi connectivity index (χ1n) is 10.5. The van der Waals surface area contributed by atoms with Crippen LogP contribution in [0.15, 0.2) is 71.9 Å². The van der Waals surface area contributed by atoms with Crippen molar-refractivity contribution in [2.24, 2.45) is 0 Å². The lowest BCUT2D eigenvalue weighted by molar-refractivity contribution is -0.142. The minimum absolute atomic E-state index is 0.0794. The van der Waals surface area contributed by atoms with Crippen molar-refractivity contribution in [3.63, 3.8) is 0 Å². The van der Waals surface area contributed by atoms with Gasteiger partial charge in [-0.2, -0.15) is 5.26 Å². The van der Waals surface area contributed by atoms with Crippen molar-refractivity contribution in [3.05, 3.63) is 95.1 Å². The molecule has 0 aliphatic rings. The van der Waals surface area contributed by atoms with Crippen LogP contribution in [0.1, 0.15) is 35.0 Å². The maximum absolute atomic E-state index is 13.2. The summed E-state index contributed by atoms with van der Waals surface area (Å²) in [5.41, 5.74) is 4.30. The molecule has 0 unspecified atom stereocenters. The van der Waals surface area contributed by atoms with Crippen molar-refractivity contribution in [2.75, 3.05) is 6.61 Å². The highest BCUT2D eigenvalue weighted by Gasteiger charge is 2.23. The number of ether oxygens (including phenoxy) is 1.